The minimum Gasteiger partial charge on any atom is -0.478 e. The molecule has 1 aliphatic carbocycles. The molecule has 2 heterocycles. The summed E-state index contributed by atoms with van der Waals surface area (Å²) >= 11 is 1.70. The predicted octanol–water partition coefficient (Wildman–Crippen LogP) is 4.00. The van der Waals surface area contributed by atoms with Crippen molar-refractivity contribution in [1.29, 1.82) is 0 Å². The Bertz CT molecular complexity index is 519. The maximum atomic E-state index is 10.5. The lowest BCUT2D eigenvalue weighted by Crippen LogP contribution is -2.38. The van der Waals surface area contributed by atoms with Crippen LogP contribution in [0.25, 0.3) is 6.08 Å². The van der Waals surface area contributed by atoms with Crippen LogP contribution < -0.4 is 0 Å². The number of nitrogens with zero attached hydrogens (tertiary/aromatic N) is 1. The summed E-state index contributed by atoms with van der Waals surface area (Å²) in [4.78, 5) is 15.4. The number of rotatable bonds is 4. The van der Waals surface area contributed by atoms with Gasteiger partial charge in [-0.2, -0.15) is 0 Å². The molecule has 1 aromatic heterocycles. The zero-order chi connectivity index (χ0) is 14.7. The van der Waals surface area contributed by atoms with Gasteiger partial charge in [0, 0.05) is 22.4 Å². The molecule has 0 unspecified atom stereocenters. The van der Waals surface area contributed by atoms with Crippen molar-refractivity contribution in [3.8, 4) is 0 Å². The lowest BCUT2D eigenvalue weighted by molar-refractivity contribution is -0.131. The van der Waals surface area contributed by atoms with Gasteiger partial charge in [0.15, 0.2) is 0 Å². The molecule has 114 valence electrons. The molecule has 1 saturated carbocycles. The van der Waals surface area contributed by atoms with Gasteiger partial charge in [-0.25, -0.2) is 4.79 Å². The number of carboxylic acids is 1. The summed E-state index contributed by atoms with van der Waals surface area (Å²) in [6, 6.07) is 4.15. The van der Waals surface area contributed by atoms with E-state index in [4.69, 9.17) is 5.11 Å². The second-order valence-electron chi connectivity index (χ2n) is 6.46. The third kappa shape index (κ3) is 3.74. The van der Waals surface area contributed by atoms with E-state index < -0.39 is 5.97 Å². The molecule has 0 aromatic carbocycles. The van der Waals surface area contributed by atoms with Gasteiger partial charge >= 0.3 is 5.97 Å². The Balaban J connectivity index is 1.52. The molecule has 21 heavy (non-hydrogen) atoms. The van der Waals surface area contributed by atoms with Crippen LogP contribution >= 0.6 is 11.3 Å². The summed E-state index contributed by atoms with van der Waals surface area (Å²) in [6.45, 7) is 3.46. The third-order valence-corrected chi connectivity index (χ3v) is 6.07. The molecule has 1 aromatic rings. The van der Waals surface area contributed by atoms with E-state index in [2.05, 4.69) is 11.0 Å². The second-order valence-corrected chi connectivity index (χ2v) is 7.66. The second kappa shape index (κ2) is 6.32. The molecule has 0 amide bonds. The molecule has 1 spiro atoms. The normalized spacial score (nSPS) is 22.3. The van der Waals surface area contributed by atoms with Gasteiger partial charge in [-0.1, -0.05) is 12.8 Å². The van der Waals surface area contributed by atoms with E-state index in [1.807, 2.05) is 6.07 Å². The summed E-state index contributed by atoms with van der Waals surface area (Å²) in [6.07, 6.45) is 11.4. The lowest BCUT2D eigenvalue weighted by atomic mass is 9.77. The van der Waals surface area contributed by atoms with Gasteiger partial charge in [0.25, 0.3) is 0 Å². The predicted molar refractivity (Wildman–Crippen MR) is 86.4 cm³/mol. The summed E-state index contributed by atoms with van der Waals surface area (Å²) in [5.41, 5.74) is 0.682. The molecule has 0 radical (unpaired) electrons. The van der Waals surface area contributed by atoms with Gasteiger partial charge in [0.1, 0.15) is 0 Å². The Kier molecular flexibility index (Phi) is 4.45. The van der Waals surface area contributed by atoms with Gasteiger partial charge in [-0.15, -0.1) is 11.3 Å². The van der Waals surface area contributed by atoms with Crippen molar-refractivity contribution in [2.75, 3.05) is 13.1 Å². The van der Waals surface area contributed by atoms with Crippen molar-refractivity contribution in [3.05, 3.63) is 28.0 Å². The van der Waals surface area contributed by atoms with Crippen molar-refractivity contribution >= 4 is 23.4 Å². The van der Waals surface area contributed by atoms with E-state index in [1.165, 1.54) is 62.6 Å². The topological polar surface area (TPSA) is 40.5 Å². The van der Waals surface area contributed by atoms with E-state index >= 15 is 0 Å². The number of carbonyl (C=O) groups is 1. The minimum atomic E-state index is -0.886. The summed E-state index contributed by atoms with van der Waals surface area (Å²) < 4.78 is 0. The molecule has 1 aliphatic heterocycles. The van der Waals surface area contributed by atoms with Crippen LogP contribution in [-0.4, -0.2) is 29.1 Å². The molecule has 0 atom stereocenters. The molecule has 1 N–H and O–H groups in total. The van der Waals surface area contributed by atoms with Crippen LogP contribution in [0.5, 0.6) is 0 Å². The molecule has 3 nitrogen and oxygen atoms in total. The molecule has 1 saturated heterocycles. The fourth-order valence-corrected chi connectivity index (χ4v) is 4.71. The first-order valence-corrected chi connectivity index (χ1v) is 8.69. The van der Waals surface area contributed by atoms with Crippen molar-refractivity contribution in [1.82, 2.24) is 4.90 Å². The highest BCUT2D eigenvalue weighted by Gasteiger charge is 2.36. The van der Waals surface area contributed by atoms with Gasteiger partial charge in [-0.3, -0.25) is 4.90 Å². The van der Waals surface area contributed by atoms with E-state index in [0.29, 0.717) is 5.41 Å². The van der Waals surface area contributed by atoms with E-state index in [1.54, 1.807) is 17.4 Å². The van der Waals surface area contributed by atoms with E-state index in [9.17, 15) is 4.79 Å². The summed E-state index contributed by atoms with van der Waals surface area (Å²) in [5.74, 6) is -0.886. The summed E-state index contributed by atoms with van der Waals surface area (Å²) in [5, 5.41) is 8.65. The number of piperidine rings is 1. The maximum Gasteiger partial charge on any atom is 0.328 e. The number of thiophene rings is 1. The SMILES string of the molecule is O=C(O)C=Cc1ccc(CN2CCC3(CCCC3)CC2)s1. The standard InChI is InChI=1S/C17H23NO2S/c19-16(20)6-5-14-3-4-15(21-14)13-18-11-9-17(10-12-18)7-1-2-8-17/h3-6H,1-2,7-13H2,(H,19,20). The summed E-state index contributed by atoms with van der Waals surface area (Å²) in [7, 11) is 0. The van der Waals surface area contributed by atoms with Gasteiger partial charge < -0.3 is 5.11 Å². The number of carboxylic acid groups (broad SMARTS) is 1. The molecule has 2 fully saturated rings. The first kappa shape index (κ1) is 14.8. The average molecular weight is 305 g/mol. The van der Waals surface area contributed by atoms with E-state index in [-0.39, 0.29) is 0 Å². The van der Waals surface area contributed by atoms with E-state index in [0.717, 1.165) is 11.4 Å². The fraction of sp³-hybridized carbons (Fsp3) is 0.588. The Morgan fingerprint density at radius 1 is 1.24 bits per heavy atom. The molecule has 0 bridgehead atoms. The van der Waals surface area contributed by atoms with Crippen LogP contribution in [0.15, 0.2) is 18.2 Å². The number of aliphatic carboxylic acids is 1. The number of likely N-dealkylation sites (tertiary alicyclic amines) is 1. The van der Waals surface area contributed by atoms with Crippen molar-refractivity contribution in [3.63, 3.8) is 0 Å². The maximum absolute atomic E-state index is 10.5. The zero-order valence-corrected chi connectivity index (χ0v) is 13.2. The fourth-order valence-electron chi connectivity index (χ4n) is 3.75. The Hall–Kier alpha value is -1.13. The quantitative estimate of drug-likeness (QED) is 0.855. The zero-order valence-electron chi connectivity index (χ0n) is 12.4. The van der Waals surface area contributed by atoms with Gasteiger partial charge in [-0.05, 0) is 62.4 Å². The van der Waals surface area contributed by atoms with Gasteiger partial charge in [0.2, 0.25) is 0 Å². The van der Waals surface area contributed by atoms with Crippen molar-refractivity contribution in [2.24, 2.45) is 5.41 Å². The number of hydrogen-bond acceptors (Lipinski definition) is 3. The first-order chi connectivity index (χ1) is 10.2. The van der Waals surface area contributed by atoms with Crippen LogP contribution in [0.2, 0.25) is 0 Å². The lowest BCUT2D eigenvalue weighted by Gasteiger charge is -2.39. The van der Waals surface area contributed by atoms with Crippen LogP contribution in [0.4, 0.5) is 0 Å². The Morgan fingerprint density at radius 2 is 1.95 bits per heavy atom. The Labute approximate surface area is 130 Å². The monoisotopic (exact) mass is 305 g/mol. The third-order valence-electron chi connectivity index (χ3n) is 5.03. The average Bonchev–Trinajstić information content (AvgIpc) is 3.09. The molecule has 2 aliphatic rings. The highest BCUT2D eigenvalue weighted by molar-refractivity contribution is 7.12. The van der Waals surface area contributed by atoms with Crippen molar-refractivity contribution < 1.29 is 9.90 Å². The molecule has 4 heteroatoms. The molecular weight excluding hydrogens is 282 g/mol. The van der Waals surface area contributed by atoms with Crippen LogP contribution in [0, 0.1) is 5.41 Å². The highest BCUT2D eigenvalue weighted by atomic mass is 32.1. The smallest absolute Gasteiger partial charge is 0.328 e. The van der Waals surface area contributed by atoms with Crippen LogP contribution in [0.1, 0.15) is 48.3 Å². The highest BCUT2D eigenvalue weighted by Crippen LogP contribution is 2.46. The molecular formula is C17H23NO2S. The largest absolute Gasteiger partial charge is 0.478 e. The first-order valence-electron chi connectivity index (χ1n) is 7.87. The van der Waals surface area contributed by atoms with Crippen molar-refractivity contribution in [2.45, 2.75) is 45.1 Å². The van der Waals surface area contributed by atoms with Crippen LogP contribution in [-0.2, 0) is 11.3 Å². The molecule has 3 rings (SSSR count). The Morgan fingerprint density at radius 3 is 2.62 bits per heavy atom. The van der Waals surface area contributed by atoms with Gasteiger partial charge in [0.05, 0.1) is 0 Å². The van der Waals surface area contributed by atoms with Crippen LogP contribution in [0.3, 0.4) is 0 Å². The minimum absolute atomic E-state index is 0.682. The number of hydrogen-bond donors (Lipinski definition) is 1.